The molecule has 3 rings (SSSR count). The minimum atomic E-state index is -0.520. The van der Waals surface area contributed by atoms with Crippen LogP contribution in [0.5, 0.6) is 0 Å². The Bertz CT molecular complexity index is 584. The normalized spacial score (nSPS) is 19.9. The van der Waals surface area contributed by atoms with Gasteiger partial charge in [-0.15, -0.1) is 0 Å². The Kier molecular flexibility index (Phi) is 4.63. The van der Waals surface area contributed by atoms with Crippen molar-refractivity contribution in [3.63, 3.8) is 0 Å². The Morgan fingerprint density at radius 2 is 1.74 bits per heavy atom. The van der Waals surface area contributed by atoms with E-state index in [1.807, 2.05) is 9.80 Å². The molecular formula is C15H22FN4O3+. The second kappa shape index (κ2) is 6.67. The van der Waals surface area contributed by atoms with Crippen molar-refractivity contribution in [1.82, 2.24) is 0 Å². The third kappa shape index (κ3) is 3.37. The maximum Gasteiger partial charge on any atom is 0.295 e. The third-order valence-electron chi connectivity index (χ3n) is 4.55. The van der Waals surface area contributed by atoms with Gasteiger partial charge in [0.1, 0.15) is 5.69 Å². The summed E-state index contributed by atoms with van der Waals surface area (Å²) in [5.41, 5.74) is 0.776. The highest BCUT2D eigenvalue weighted by molar-refractivity contribution is 5.71. The van der Waals surface area contributed by atoms with E-state index in [1.165, 1.54) is 4.90 Å². The van der Waals surface area contributed by atoms with Crippen molar-refractivity contribution in [3.05, 3.63) is 28.1 Å². The van der Waals surface area contributed by atoms with Crippen LogP contribution in [0.2, 0.25) is 0 Å². The molecule has 2 aliphatic heterocycles. The molecule has 2 aliphatic rings. The van der Waals surface area contributed by atoms with Crippen LogP contribution in [0.1, 0.15) is 0 Å². The number of anilines is 2. The number of rotatable bonds is 3. The van der Waals surface area contributed by atoms with Gasteiger partial charge in [0, 0.05) is 13.1 Å². The van der Waals surface area contributed by atoms with Gasteiger partial charge in [-0.2, -0.15) is 0 Å². The molecular weight excluding hydrogens is 303 g/mol. The van der Waals surface area contributed by atoms with Crippen LogP contribution in [0.25, 0.3) is 0 Å². The first-order chi connectivity index (χ1) is 11.1. The van der Waals surface area contributed by atoms with Crippen molar-refractivity contribution < 1.29 is 19.0 Å². The van der Waals surface area contributed by atoms with Crippen molar-refractivity contribution in [2.75, 3.05) is 69.3 Å². The number of nitrogens with one attached hydrogen (secondary N) is 1. The van der Waals surface area contributed by atoms with Gasteiger partial charge in [-0.25, -0.2) is 4.39 Å². The molecule has 7 nitrogen and oxygen atoms in total. The average Bonchev–Trinajstić information content (AvgIpc) is 2.56. The van der Waals surface area contributed by atoms with E-state index in [9.17, 15) is 14.5 Å². The lowest BCUT2D eigenvalue weighted by atomic mass is 10.1. The lowest BCUT2D eigenvalue weighted by molar-refractivity contribution is -0.880. The molecule has 0 atom stereocenters. The minimum Gasteiger partial charge on any atom is -0.378 e. The van der Waals surface area contributed by atoms with E-state index in [0.717, 1.165) is 32.2 Å². The minimum absolute atomic E-state index is 0.173. The summed E-state index contributed by atoms with van der Waals surface area (Å²) in [6.45, 7) is 5.60. The number of hydrogen-bond donors (Lipinski definition) is 1. The zero-order valence-corrected chi connectivity index (χ0v) is 13.3. The van der Waals surface area contributed by atoms with Crippen molar-refractivity contribution in [2.45, 2.75) is 0 Å². The smallest absolute Gasteiger partial charge is 0.295 e. The first kappa shape index (κ1) is 15.9. The molecule has 1 aromatic carbocycles. The zero-order valence-electron chi connectivity index (χ0n) is 13.3. The number of hydrogen-bond acceptors (Lipinski definition) is 5. The van der Waals surface area contributed by atoms with Gasteiger partial charge in [-0.1, -0.05) is 0 Å². The Hall–Kier alpha value is -1.93. The van der Waals surface area contributed by atoms with Gasteiger partial charge in [0.2, 0.25) is 0 Å². The highest BCUT2D eigenvalue weighted by atomic mass is 19.1. The van der Waals surface area contributed by atoms with E-state index < -0.39 is 10.7 Å². The van der Waals surface area contributed by atoms with Crippen molar-refractivity contribution in [3.8, 4) is 0 Å². The molecule has 0 amide bonds. The van der Waals surface area contributed by atoms with Crippen molar-refractivity contribution >= 4 is 17.1 Å². The van der Waals surface area contributed by atoms with E-state index in [-0.39, 0.29) is 5.69 Å². The molecule has 0 aliphatic carbocycles. The van der Waals surface area contributed by atoms with Crippen LogP contribution >= 0.6 is 0 Å². The van der Waals surface area contributed by atoms with Crippen molar-refractivity contribution in [1.29, 1.82) is 0 Å². The largest absolute Gasteiger partial charge is 0.378 e. The number of nitro groups is 1. The number of quaternary nitrogens is 1. The molecule has 1 N–H and O–H groups in total. The van der Waals surface area contributed by atoms with Gasteiger partial charge >= 0.3 is 0 Å². The van der Waals surface area contributed by atoms with Crippen LogP contribution < -0.4 is 14.7 Å². The Labute approximate surface area is 134 Å². The van der Waals surface area contributed by atoms with Gasteiger partial charge in [-0.3, -0.25) is 10.1 Å². The fourth-order valence-electron chi connectivity index (χ4n) is 3.12. The van der Waals surface area contributed by atoms with Gasteiger partial charge in [0.05, 0.1) is 63.1 Å². The van der Waals surface area contributed by atoms with Gasteiger partial charge in [-0.05, 0) is 6.07 Å². The summed E-state index contributed by atoms with van der Waals surface area (Å²) in [5.74, 6) is -0.520. The maximum atomic E-state index is 14.4. The summed E-state index contributed by atoms with van der Waals surface area (Å²) in [6, 6.07) is 2.70. The van der Waals surface area contributed by atoms with Crippen LogP contribution in [0.4, 0.5) is 21.5 Å². The monoisotopic (exact) mass is 325 g/mol. The number of likely N-dealkylation sites (N-methyl/N-ethyl adjacent to an activating group) is 1. The number of ether oxygens (including phenoxy) is 1. The van der Waals surface area contributed by atoms with E-state index in [4.69, 9.17) is 4.74 Å². The summed E-state index contributed by atoms with van der Waals surface area (Å²) in [7, 11) is 2.11. The summed E-state index contributed by atoms with van der Waals surface area (Å²) >= 11 is 0. The molecule has 23 heavy (non-hydrogen) atoms. The fraction of sp³-hybridized carbons (Fsp3) is 0.600. The Balaban J connectivity index is 1.95. The summed E-state index contributed by atoms with van der Waals surface area (Å²) < 4.78 is 19.7. The number of nitrogens with zero attached hydrogens (tertiary/aromatic N) is 3. The zero-order chi connectivity index (χ0) is 16.4. The summed E-state index contributed by atoms with van der Waals surface area (Å²) in [5, 5.41) is 11.3. The van der Waals surface area contributed by atoms with Crippen LogP contribution in [0, 0.1) is 15.9 Å². The number of halogens is 1. The third-order valence-corrected chi connectivity index (χ3v) is 4.55. The first-order valence-corrected chi connectivity index (χ1v) is 7.93. The van der Waals surface area contributed by atoms with E-state index in [2.05, 4.69) is 7.05 Å². The molecule has 1 aromatic rings. The molecule has 0 unspecified atom stereocenters. The first-order valence-electron chi connectivity index (χ1n) is 7.93. The maximum absolute atomic E-state index is 14.4. The molecule has 2 fully saturated rings. The molecule has 0 saturated carbocycles. The van der Waals surface area contributed by atoms with Crippen LogP contribution in [0.3, 0.4) is 0 Å². The van der Waals surface area contributed by atoms with Crippen LogP contribution in [-0.2, 0) is 4.74 Å². The second-order valence-corrected chi connectivity index (χ2v) is 6.09. The van der Waals surface area contributed by atoms with Gasteiger partial charge < -0.3 is 19.4 Å². The number of benzene rings is 1. The predicted molar refractivity (Wildman–Crippen MR) is 84.9 cm³/mol. The molecule has 0 spiro atoms. The molecule has 0 aromatic heterocycles. The molecule has 2 heterocycles. The molecule has 2 saturated heterocycles. The SMILES string of the molecule is C[NH+]1CCN(c2cc(N3CCOCC3)c([N+](=O)[O-])cc2F)CC1. The molecule has 8 heteroatoms. The van der Waals surface area contributed by atoms with Crippen LogP contribution in [-0.4, -0.2) is 64.5 Å². The number of piperazine rings is 1. The van der Waals surface area contributed by atoms with E-state index in [1.54, 1.807) is 6.07 Å². The highest BCUT2D eigenvalue weighted by Crippen LogP contribution is 2.35. The number of morpholine rings is 1. The number of nitro benzene ring substituents is 1. The lowest BCUT2D eigenvalue weighted by Gasteiger charge is -2.33. The molecule has 0 bridgehead atoms. The Morgan fingerprint density at radius 3 is 2.35 bits per heavy atom. The second-order valence-electron chi connectivity index (χ2n) is 6.09. The van der Waals surface area contributed by atoms with Gasteiger partial charge in [0.15, 0.2) is 5.82 Å². The molecule has 126 valence electrons. The van der Waals surface area contributed by atoms with Crippen LogP contribution in [0.15, 0.2) is 12.1 Å². The average molecular weight is 325 g/mol. The predicted octanol–water partition coefficient (Wildman–Crippen LogP) is -0.0948. The summed E-state index contributed by atoms with van der Waals surface area (Å²) in [6.07, 6.45) is 0. The quantitative estimate of drug-likeness (QED) is 0.621. The highest BCUT2D eigenvalue weighted by Gasteiger charge is 2.27. The van der Waals surface area contributed by atoms with Gasteiger partial charge in [0.25, 0.3) is 5.69 Å². The van der Waals surface area contributed by atoms with Crippen molar-refractivity contribution in [2.24, 2.45) is 0 Å². The fourth-order valence-corrected chi connectivity index (χ4v) is 3.12. The standard InChI is InChI=1S/C15H21FN4O3/c1-17-2-4-18(5-3-17)13-11-14(19-6-8-23-9-7-19)15(20(21)22)10-12(13)16/h10-11H,2-9H2,1H3/p+1. The lowest BCUT2D eigenvalue weighted by Crippen LogP contribution is -3.12. The summed E-state index contributed by atoms with van der Waals surface area (Å²) in [4.78, 5) is 16.1. The van der Waals surface area contributed by atoms with E-state index >= 15 is 0 Å². The topological polar surface area (TPSA) is 63.3 Å². The van der Waals surface area contributed by atoms with E-state index in [0.29, 0.717) is 37.7 Å². The molecule has 0 radical (unpaired) electrons. The Morgan fingerprint density at radius 1 is 1.13 bits per heavy atom.